The molecule has 0 fully saturated rings. The molecule has 136 valence electrons. The van der Waals surface area contributed by atoms with Crippen molar-refractivity contribution in [2.75, 3.05) is 0 Å². The average Bonchev–Trinajstić information content (AvgIpc) is 3.10. The summed E-state index contributed by atoms with van der Waals surface area (Å²) in [4.78, 5) is 4.17. The third-order valence-electron chi connectivity index (χ3n) is 4.19. The molecule has 4 rings (SSSR count). The second-order valence-electron chi connectivity index (χ2n) is 6.03. The molecular formula is C19H13F3N4O. The molecule has 0 saturated heterocycles. The highest BCUT2D eigenvalue weighted by atomic mass is 19.4. The summed E-state index contributed by atoms with van der Waals surface area (Å²) in [7, 11) is 0. The molecule has 4 aromatic rings. The number of rotatable bonds is 3. The first kappa shape index (κ1) is 17.0. The fourth-order valence-electron chi connectivity index (χ4n) is 2.87. The minimum absolute atomic E-state index is 0.0755. The van der Waals surface area contributed by atoms with Gasteiger partial charge in [-0.1, -0.05) is 23.4 Å². The average molecular weight is 370 g/mol. The van der Waals surface area contributed by atoms with Crippen LogP contribution in [0.3, 0.4) is 0 Å². The number of phenolic OH excluding ortho intramolecular Hbond substituents is 1. The number of halogens is 3. The van der Waals surface area contributed by atoms with E-state index in [0.29, 0.717) is 23.3 Å². The highest BCUT2D eigenvalue weighted by Gasteiger charge is 2.29. The van der Waals surface area contributed by atoms with Crippen LogP contribution in [0.25, 0.3) is 22.2 Å². The van der Waals surface area contributed by atoms with Crippen molar-refractivity contribution >= 4 is 10.9 Å². The quantitative estimate of drug-likeness (QED) is 0.585. The van der Waals surface area contributed by atoms with Gasteiger partial charge in [0.05, 0.1) is 18.3 Å². The first-order valence-corrected chi connectivity index (χ1v) is 8.05. The maximum Gasteiger partial charge on any atom is 0.416 e. The molecule has 0 amide bonds. The molecule has 5 nitrogen and oxygen atoms in total. The normalized spacial score (nSPS) is 11.8. The van der Waals surface area contributed by atoms with E-state index in [9.17, 15) is 18.3 Å². The van der Waals surface area contributed by atoms with E-state index in [1.54, 1.807) is 35.3 Å². The Morgan fingerprint density at radius 3 is 2.52 bits per heavy atom. The van der Waals surface area contributed by atoms with E-state index >= 15 is 0 Å². The van der Waals surface area contributed by atoms with Crippen molar-refractivity contribution in [2.45, 2.75) is 12.7 Å². The molecule has 2 aromatic heterocycles. The lowest BCUT2D eigenvalue weighted by molar-refractivity contribution is -0.137. The predicted molar refractivity (Wildman–Crippen MR) is 93.0 cm³/mol. The van der Waals surface area contributed by atoms with Gasteiger partial charge >= 0.3 is 6.18 Å². The van der Waals surface area contributed by atoms with Gasteiger partial charge in [0.2, 0.25) is 0 Å². The molecule has 0 unspecified atom stereocenters. The van der Waals surface area contributed by atoms with Gasteiger partial charge in [-0.2, -0.15) is 13.2 Å². The lowest BCUT2D eigenvalue weighted by atomic mass is 10.1. The fraction of sp³-hybridized carbons (Fsp3) is 0.105. The number of aromatic hydroxyl groups is 1. The molecule has 0 aliphatic carbocycles. The number of fused-ring (bicyclic) bond motifs is 1. The summed E-state index contributed by atoms with van der Waals surface area (Å²) in [5.74, 6) is 0.0755. The summed E-state index contributed by atoms with van der Waals surface area (Å²) in [5, 5.41) is 18.9. The van der Waals surface area contributed by atoms with Crippen molar-refractivity contribution in [1.29, 1.82) is 0 Å². The highest BCUT2D eigenvalue weighted by molar-refractivity contribution is 5.96. The molecule has 0 aliphatic rings. The topological polar surface area (TPSA) is 63.8 Å². The van der Waals surface area contributed by atoms with E-state index in [2.05, 4.69) is 15.3 Å². The third-order valence-corrected chi connectivity index (χ3v) is 4.19. The summed E-state index contributed by atoms with van der Waals surface area (Å²) in [6, 6.07) is 11.8. The van der Waals surface area contributed by atoms with Crippen LogP contribution in [-0.2, 0) is 12.7 Å². The van der Waals surface area contributed by atoms with Crippen molar-refractivity contribution in [3.05, 3.63) is 72.1 Å². The zero-order valence-corrected chi connectivity index (χ0v) is 13.9. The third kappa shape index (κ3) is 3.33. The summed E-state index contributed by atoms with van der Waals surface area (Å²) < 4.78 is 39.5. The Morgan fingerprint density at radius 2 is 1.78 bits per heavy atom. The monoisotopic (exact) mass is 370 g/mol. The lowest BCUT2D eigenvalue weighted by Crippen LogP contribution is -2.05. The Kier molecular flexibility index (Phi) is 4.02. The van der Waals surface area contributed by atoms with Gasteiger partial charge in [0.15, 0.2) is 0 Å². The van der Waals surface area contributed by atoms with E-state index in [1.807, 2.05) is 6.07 Å². The van der Waals surface area contributed by atoms with Crippen LogP contribution in [-0.4, -0.2) is 25.1 Å². The van der Waals surface area contributed by atoms with Crippen molar-refractivity contribution in [2.24, 2.45) is 0 Å². The van der Waals surface area contributed by atoms with Crippen LogP contribution < -0.4 is 0 Å². The van der Waals surface area contributed by atoms with Crippen molar-refractivity contribution in [3.63, 3.8) is 0 Å². The lowest BCUT2D eigenvalue weighted by Gasteiger charge is -2.07. The highest BCUT2D eigenvalue weighted by Crippen LogP contribution is 2.32. The molecule has 0 radical (unpaired) electrons. The Bertz CT molecular complexity index is 1100. The molecule has 1 N–H and O–H groups in total. The first-order chi connectivity index (χ1) is 12.9. The SMILES string of the molecule is Oc1ccc(-c2cn(Cc3ccc(C(F)(F)F)cc3)nn2)c2cccnc12. The van der Waals surface area contributed by atoms with Crippen molar-refractivity contribution < 1.29 is 18.3 Å². The summed E-state index contributed by atoms with van der Waals surface area (Å²) in [6.07, 6.45) is -1.06. The molecule has 0 aliphatic heterocycles. The second kappa shape index (κ2) is 6.39. The molecular weight excluding hydrogens is 357 g/mol. The van der Waals surface area contributed by atoms with Crippen LogP contribution in [0.1, 0.15) is 11.1 Å². The number of nitrogens with zero attached hydrogens (tertiary/aromatic N) is 4. The van der Waals surface area contributed by atoms with Crippen LogP contribution in [0, 0.1) is 0 Å². The standard InChI is InChI=1S/C19H13F3N4O/c20-19(21,22)13-5-3-12(4-6-13)10-26-11-16(24-25-26)14-7-8-17(27)18-15(14)2-1-9-23-18/h1-9,11,27H,10H2. The number of hydrogen-bond donors (Lipinski definition) is 1. The zero-order chi connectivity index (χ0) is 19.0. The number of benzene rings is 2. The number of phenols is 1. The van der Waals surface area contributed by atoms with E-state index in [0.717, 1.165) is 23.1 Å². The second-order valence-corrected chi connectivity index (χ2v) is 6.03. The van der Waals surface area contributed by atoms with Crippen molar-refractivity contribution in [3.8, 4) is 17.0 Å². The fourth-order valence-corrected chi connectivity index (χ4v) is 2.87. The molecule has 8 heteroatoms. The predicted octanol–water partition coefficient (Wildman–Crippen LogP) is 4.27. The van der Waals surface area contributed by atoms with E-state index < -0.39 is 11.7 Å². The van der Waals surface area contributed by atoms with Crippen LogP contribution in [0.15, 0.2) is 60.9 Å². The maximum atomic E-state index is 12.6. The van der Waals surface area contributed by atoms with E-state index in [4.69, 9.17) is 0 Å². The number of pyridine rings is 1. The maximum absolute atomic E-state index is 12.6. The van der Waals surface area contributed by atoms with Gasteiger partial charge in [-0.25, -0.2) is 4.68 Å². The minimum atomic E-state index is -4.35. The number of aromatic nitrogens is 4. The summed E-state index contributed by atoms with van der Waals surface area (Å²) in [6.45, 7) is 0.291. The number of alkyl halides is 3. The number of hydrogen-bond acceptors (Lipinski definition) is 4. The minimum Gasteiger partial charge on any atom is -0.506 e. The Morgan fingerprint density at radius 1 is 1.00 bits per heavy atom. The smallest absolute Gasteiger partial charge is 0.416 e. The van der Waals surface area contributed by atoms with Gasteiger partial charge in [-0.15, -0.1) is 5.10 Å². The summed E-state index contributed by atoms with van der Waals surface area (Å²) >= 11 is 0. The van der Waals surface area contributed by atoms with Crippen LogP contribution in [0.5, 0.6) is 5.75 Å². The van der Waals surface area contributed by atoms with Crippen LogP contribution >= 0.6 is 0 Å². The van der Waals surface area contributed by atoms with Gasteiger partial charge in [-0.05, 0) is 35.9 Å². The molecule has 27 heavy (non-hydrogen) atoms. The molecule has 0 spiro atoms. The van der Waals surface area contributed by atoms with E-state index in [1.165, 1.54) is 12.1 Å². The van der Waals surface area contributed by atoms with Gasteiger partial charge < -0.3 is 5.11 Å². The van der Waals surface area contributed by atoms with Crippen molar-refractivity contribution in [1.82, 2.24) is 20.0 Å². The largest absolute Gasteiger partial charge is 0.506 e. The van der Waals surface area contributed by atoms with Crippen LogP contribution in [0.4, 0.5) is 13.2 Å². The molecule has 2 aromatic carbocycles. The molecule has 0 atom stereocenters. The van der Waals surface area contributed by atoms with Gasteiger partial charge in [0.1, 0.15) is 17.0 Å². The van der Waals surface area contributed by atoms with E-state index in [-0.39, 0.29) is 5.75 Å². The van der Waals surface area contributed by atoms with Gasteiger partial charge in [0.25, 0.3) is 0 Å². The Balaban J connectivity index is 1.62. The van der Waals surface area contributed by atoms with Crippen LogP contribution in [0.2, 0.25) is 0 Å². The van der Waals surface area contributed by atoms with Gasteiger partial charge in [-0.3, -0.25) is 4.98 Å². The first-order valence-electron chi connectivity index (χ1n) is 8.05. The Hall–Kier alpha value is -3.42. The van der Waals surface area contributed by atoms with Gasteiger partial charge in [0, 0.05) is 17.1 Å². The molecule has 0 bridgehead atoms. The zero-order valence-electron chi connectivity index (χ0n) is 13.9. The Labute approximate surface area is 151 Å². The molecule has 0 saturated carbocycles. The molecule has 2 heterocycles. The summed E-state index contributed by atoms with van der Waals surface area (Å²) in [5.41, 5.74) is 1.80.